The van der Waals surface area contributed by atoms with Crippen molar-refractivity contribution in [2.45, 2.75) is 4.90 Å². The lowest BCUT2D eigenvalue weighted by Crippen LogP contribution is -2.33. The molecular formula is C20H22N2O3S. The summed E-state index contributed by atoms with van der Waals surface area (Å²) in [6.45, 7) is -0.0299. The number of nitrogens with one attached hydrogen (secondary N) is 1. The minimum atomic E-state index is -0.260. The van der Waals surface area contributed by atoms with Crippen molar-refractivity contribution in [1.82, 2.24) is 4.90 Å². The number of amides is 2. The van der Waals surface area contributed by atoms with Crippen molar-refractivity contribution in [3.05, 3.63) is 60.2 Å². The van der Waals surface area contributed by atoms with Gasteiger partial charge in [-0.25, -0.2) is 0 Å². The molecule has 0 radical (unpaired) electrons. The number of rotatable bonds is 7. The topological polar surface area (TPSA) is 58.6 Å². The maximum atomic E-state index is 12.2. The zero-order chi connectivity index (χ0) is 18.9. The third kappa shape index (κ3) is 5.39. The van der Waals surface area contributed by atoms with Crippen LogP contribution in [-0.4, -0.2) is 43.7 Å². The molecular weight excluding hydrogens is 348 g/mol. The summed E-state index contributed by atoms with van der Waals surface area (Å²) in [5, 5.41) is 2.84. The van der Waals surface area contributed by atoms with Crippen LogP contribution in [0.4, 0.5) is 5.69 Å². The van der Waals surface area contributed by atoms with Gasteiger partial charge in [-0.15, -0.1) is 11.8 Å². The molecule has 136 valence electrons. The number of methoxy groups -OCH3 is 1. The molecule has 0 aliphatic carbocycles. The van der Waals surface area contributed by atoms with Crippen LogP contribution in [0.15, 0.2) is 59.5 Å². The first kappa shape index (κ1) is 19.6. The van der Waals surface area contributed by atoms with E-state index in [0.717, 1.165) is 16.1 Å². The van der Waals surface area contributed by atoms with Crippen LogP contribution in [0.3, 0.4) is 0 Å². The number of likely N-dealkylation sites (N-methyl/N-ethyl adjacent to an activating group) is 1. The Kier molecular flexibility index (Phi) is 7.29. The highest BCUT2D eigenvalue weighted by molar-refractivity contribution is 7.98. The van der Waals surface area contributed by atoms with E-state index in [2.05, 4.69) is 5.32 Å². The molecule has 2 aromatic carbocycles. The molecule has 6 heteroatoms. The zero-order valence-corrected chi connectivity index (χ0v) is 15.9. The minimum absolute atomic E-state index is 0.0299. The van der Waals surface area contributed by atoms with Crippen LogP contribution in [0.1, 0.15) is 5.56 Å². The molecule has 0 aliphatic heterocycles. The van der Waals surface area contributed by atoms with Gasteiger partial charge >= 0.3 is 0 Å². The van der Waals surface area contributed by atoms with E-state index in [4.69, 9.17) is 4.74 Å². The molecule has 0 spiro atoms. The summed E-state index contributed by atoms with van der Waals surface area (Å²) >= 11 is 1.55. The van der Waals surface area contributed by atoms with Crippen LogP contribution in [0, 0.1) is 0 Å². The van der Waals surface area contributed by atoms with E-state index in [0.29, 0.717) is 5.75 Å². The van der Waals surface area contributed by atoms with Gasteiger partial charge in [0.05, 0.1) is 19.3 Å². The fourth-order valence-electron chi connectivity index (χ4n) is 2.32. The largest absolute Gasteiger partial charge is 0.496 e. The minimum Gasteiger partial charge on any atom is -0.496 e. The van der Waals surface area contributed by atoms with E-state index in [-0.39, 0.29) is 18.4 Å². The van der Waals surface area contributed by atoms with Gasteiger partial charge in [-0.3, -0.25) is 9.59 Å². The standard InChI is InChI=1S/C20H22N2O3S/c1-22(14-19(23)21-16-9-5-7-11-18(16)26-3)20(24)13-12-15-8-4-6-10-17(15)25-2/h4-13H,14H2,1-3H3,(H,21,23)/b13-12+. The summed E-state index contributed by atoms with van der Waals surface area (Å²) in [5.41, 5.74) is 1.55. The maximum absolute atomic E-state index is 12.2. The van der Waals surface area contributed by atoms with Gasteiger partial charge in [0.1, 0.15) is 5.75 Å². The Bertz CT molecular complexity index is 805. The average Bonchev–Trinajstić information content (AvgIpc) is 2.66. The Morgan fingerprint density at radius 2 is 1.85 bits per heavy atom. The van der Waals surface area contributed by atoms with Gasteiger partial charge in [0.15, 0.2) is 0 Å². The molecule has 5 nitrogen and oxygen atoms in total. The number of benzene rings is 2. The molecule has 0 saturated carbocycles. The van der Waals surface area contributed by atoms with Crippen LogP contribution >= 0.6 is 11.8 Å². The van der Waals surface area contributed by atoms with Crippen LogP contribution in [0.25, 0.3) is 6.08 Å². The van der Waals surface area contributed by atoms with E-state index >= 15 is 0 Å². The van der Waals surface area contributed by atoms with Crippen molar-refractivity contribution < 1.29 is 14.3 Å². The zero-order valence-electron chi connectivity index (χ0n) is 15.1. The molecule has 2 amide bonds. The van der Waals surface area contributed by atoms with Gasteiger partial charge in [-0.05, 0) is 30.5 Å². The fourth-order valence-corrected chi connectivity index (χ4v) is 2.88. The Hall–Kier alpha value is -2.73. The molecule has 0 fully saturated rings. The van der Waals surface area contributed by atoms with Crippen molar-refractivity contribution >= 4 is 35.3 Å². The van der Waals surface area contributed by atoms with E-state index in [1.165, 1.54) is 11.0 Å². The Labute approximate surface area is 158 Å². The van der Waals surface area contributed by atoms with Crippen molar-refractivity contribution in [2.75, 3.05) is 32.3 Å². The average molecular weight is 370 g/mol. The van der Waals surface area contributed by atoms with Gasteiger partial charge in [0.25, 0.3) is 0 Å². The highest BCUT2D eigenvalue weighted by Gasteiger charge is 2.12. The van der Waals surface area contributed by atoms with E-state index in [9.17, 15) is 9.59 Å². The first-order chi connectivity index (χ1) is 12.5. The molecule has 0 aromatic heterocycles. The van der Waals surface area contributed by atoms with Gasteiger partial charge in [0, 0.05) is 23.6 Å². The first-order valence-corrected chi connectivity index (χ1v) is 9.26. The molecule has 0 atom stereocenters. The van der Waals surface area contributed by atoms with E-state index in [1.54, 1.807) is 32.0 Å². The molecule has 0 bridgehead atoms. The lowest BCUT2D eigenvalue weighted by Gasteiger charge is -2.16. The maximum Gasteiger partial charge on any atom is 0.246 e. The molecule has 0 saturated heterocycles. The number of ether oxygens (including phenoxy) is 1. The van der Waals surface area contributed by atoms with Gasteiger partial charge in [-0.2, -0.15) is 0 Å². The summed E-state index contributed by atoms with van der Waals surface area (Å²) in [6, 6.07) is 15.0. The predicted molar refractivity (Wildman–Crippen MR) is 107 cm³/mol. The molecule has 2 rings (SSSR count). The number of para-hydroxylation sites is 2. The molecule has 1 N–H and O–H groups in total. The van der Waals surface area contributed by atoms with Gasteiger partial charge in [0.2, 0.25) is 11.8 Å². The fraction of sp³-hybridized carbons (Fsp3) is 0.200. The number of carbonyl (C=O) groups excluding carboxylic acids is 2. The second-order valence-corrected chi connectivity index (χ2v) is 6.37. The Morgan fingerprint density at radius 1 is 1.15 bits per heavy atom. The number of anilines is 1. The van der Waals surface area contributed by atoms with Crippen molar-refractivity contribution in [3.63, 3.8) is 0 Å². The summed E-state index contributed by atoms with van der Waals surface area (Å²) in [6.07, 6.45) is 5.06. The van der Waals surface area contributed by atoms with Gasteiger partial charge < -0.3 is 15.0 Å². The van der Waals surface area contributed by atoms with Gasteiger partial charge in [-0.1, -0.05) is 30.3 Å². The second-order valence-electron chi connectivity index (χ2n) is 5.52. The summed E-state index contributed by atoms with van der Waals surface area (Å²) < 4.78 is 5.25. The van der Waals surface area contributed by atoms with Crippen molar-refractivity contribution in [2.24, 2.45) is 0 Å². The molecule has 0 aliphatic rings. The lowest BCUT2D eigenvalue weighted by atomic mass is 10.2. The second kappa shape index (κ2) is 9.68. The number of carbonyl (C=O) groups is 2. The van der Waals surface area contributed by atoms with Crippen molar-refractivity contribution in [1.29, 1.82) is 0 Å². The summed E-state index contributed by atoms with van der Waals surface area (Å²) in [4.78, 5) is 26.8. The molecule has 2 aromatic rings. The number of thioether (sulfide) groups is 1. The monoisotopic (exact) mass is 370 g/mol. The predicted octanol–water partition coefficient (Wildman–Crippen LogP) is 3.53. The highest BCUT2D eigenvalue weighted by Crippen LogP contribution is 2.24. The quantitative estimate of drug-likeness (QED) is 0.598. The smallest absolute Gasteiger partial charge is 0.246 e. The lowest BCUT2D eigenvalue weighted by molar-refractivity contribution is -0.129. The summed E-state index contributed by atoms with van der Waals surface area (Å²) in [7, 11) is 3.17. The first-order valence-electron chi connectivity index (χ1n) is 8.04. The third-order valence-electron chi connectivity index (χ3n) is 3.68. The SMILES string of the molecule is COc1ccccc1/C=C/C(=O)N(C)CC(=O)Nc1ccccc1SC. The molecule has 0 unspecified atom stereocenters. The van der Waals surface area contributed by atoms with Crippen LogP contribution in [0.5, 0.6) is 5.75 Å². The Morgan fingerprint density at radius 3 is 2.58 bits per heavy atom. The van der Waals surface area contributed by atoms with Crippen LogP contribution in [0.2, 0.25) is 0 Å². The van der Waals surface area contributed by atoms with Crippen LogP contribution < -0.4 is 10.1 Å². The number of nitrogens with zero attached hydrogens (tertiary/aromatic N) is 1. The molecule has 26 heavy (non-hydrogen) atoms. The number of hydrogen-bond acceptors (Lipinski definition) is 4. The van der Waals surface area contributed by atoms with Crippen LogP contribution in [-0.2, 0) is 9.59 Å². The Balaban J connectivity index is 1.96. The normalized spacial score (nSPS) is 10.6. The van der Waals surface area contributed by atoms with E-state index in [1.807, 2.05) is 54.8 Å². The summed E-state index contributed by atoms with van der Waals surface area (Å²) in [5.74, 6) is 0.183. The number of hydrogen-bond donors (Lipinski definition) is 1. The third-order valence-corrected chi connectivity index (χ3v) is 4.48. The van der Waals surface area contributed by atoms with E-state index < -0.39 is 0 Å². The molecule has 0 heterocycles. The highest BCUT2D eigenvalue weighted by atomic mass is 32.2. The van der Waals surface area contributed by atoms with Crippen molar-refractivity contribution in [3.8, 4) is 5.75 Å².